The van der Waals surface area contributed by atoms with Crippen molar-refractivity contribution in [3.8, 4) is 10.6 Å². The first kappa shape index (κ1) is 15.8. The number of aryl methyl sites for hydroxylation is 1. The number of nitrogens with zero attached hydrogens (tertiary/aromatic N) is 1. The van der Waals surface area contributed by atoms with Crippen LogP contribution in [0.4, 0.5) is 4.39 Å². The number of hydrogen-bond acceptors (Lipinski definition) is 4. The van der Waals surface area contributed by atoms with E-state index >= 15 is 0 Å². The number of halogens is 1. The summed E-state index contributed by atoms with van der Waals surface area (Å²) in [6.45, 7) is 2.30. The van der Waals surface area contributed by atoms with Gasteiger partial charge in [0.25, 0.3) is 0 Å². The van der Waals surface area contributed by atoms with Crippen molar-refractivity contribution in [2.45, 2.75) is 19.9 Å². The van der Waals surface area contributed by atoms with Crippen LogP contribution in [0.3, 0.4) is 0 Å². The SMILES string of the molecule is Cc1nc(-c2ccccc2F)sc1CNC(=O)Cc1cccs1. The zero-order chi connectivity index (χ0) is 16.2. The third-order valence-corrected chi connectivity index (χ3v) is 5.43. The van der Waals surface area contributed by atoms with E-state index in [0.717, 1.165) is 15.4 Å². The summed E-state index contributed by atoms with van der Waals surface area (Å²) in [7, 11) is 0. The largest absolute Gasteiger partial charge is 0.351 e. The maximum absolute atomic E-state index is 13.8. The van der Waals surface area contributed by atoms with Crippen molar-refractivity contribution < 1.29 is 9.18 Å². The van der Waals surface area contributed by atoms with E-state index in [1.807, 2.05) is 24.4 Å². The average molecular weight is 346 g/mol. The van der Waals surface area contributed by atoms with E-state index in [4.69, 9.17) is 0 Å². The Bertz CT molecular complexity index is 812. The highest BCUT2D eigenvalue weighted by molar-refractivity contribution is 7.15. The van der Waals surface area contributed by atoms with Gasteiger partial charge in [0.1, 0.15) is 10.8 Å². The smallest absolute Gasteiger partial charge is 0.225 e. The Balaban J connectivity index is 1.67. The fraction of sp³-hybridized carbons (Fsp3) is 0.176. The first-order chi connectivity index (χ1) is 11.1. The van der Waals surface area contributed by atoms with Crippen LogP contribution in [0.15, 0.2) is 41.8 Å². The summed E-state index contributed by atoms with van der Waals surface area (Å²) in [6, 6.07) is 10.5. The lowest BCUT2D eigenvalue weighted by atomic mass is 10.2. The first-order valence-electron chi connectivity index (χ1n) is 7.14. The Kier molecular flexibility index (Phi) is 4.83. The second-order valence-electron chi connectivity index (χ2n) is 5.04. The highest BCUT2D eigenvalue weighted by atomic mass is 32.1. The molecular formula is C17H15FN2OS2. The summed E-state index contributed by atoms with van der Waals surface area (Å²) in [5.41, 5.74) is 1.32. The van der Waals surface area contributed by atoms with E-state index in [1.165, 1.54) is 17.4 Å². The van der Waals surface area contributed by atoms with Crippen molar-refractivity contribution in [2.75, 3.05) is 0 Å². The summed E-state index contributed by atoms with van der Waals surface area (Å²) >= 11 is 2.98. The standard InChI is InChI=1S/C17H15FN2OS2/c1-11-15(10-19-16(21)9-12-5-4-8-22-12)23-17(20-11)13-6-2-3-7-14(13)18/h2-8H,9-10H2,1H3,(H,19,21). The summed E-state index contributed by atoms with van der Waals surface area (Å²) in [6.07, 6.45) is 0.385. The molecule has 3 aromatic rings. The third-order valence-electron chi connectivity index (χ3n) is 3.36. The minimum atomic E-state index is -0.283. The molecule has 3 nitrogen and oxygen atoms in total. The molecule has 0 aliphatic heterocycles. The minimum absolute atomic E-state index is 0.0207. The number of rotatable bonds is 5. The number of aromatic nitrogens is 1. The van der Waals surface area contributed by atoms with Gasteiger partial charge in [0.15, 0.2) is 0 Å². The maximum Gasteiger partial charge on any atom is 0.225 e. The average Bonchev–Trinajstić information content (AvgIpc) is 3.15. The molecule has 6 heteroatoms. The van der Waals surface area contributed by atoms with Crippen LogP contribution < -0.4 is 5.32 Å². The number of carbonyl (C=O) groups is 1. The van der Waals surface area contributed by atoms with Gasteiger partial charge >= 0.3 is 0 Å². The molecule has 0 aliphatic carbocycles. The molecule has 1 aromatic carbocycles. The Morgan fingerprint density at radius 2 is 2.09 bits per heavy atom. The molecule has 3 rings (SSSR count). The molecular weight excluding hydrogens is 331 g/mol. The molecule has 23 heavy (non-hydrogen) atoms. The van der Waals surface area contributed by atoms with E-state index in [9.17, 15) is 9.18 Å². The van der Waals surface area contributed by atoms with Gasteiger partial charge in [0.05, 0.1) is 18.7 Å². The Labute approximate surface area is 141 Å². The third kappa shape index (κ3) is 3.83. The number of benzene rings is 1. The van der Waals surface area contributed by atoms with Gasteiger partial charge in [-0.05, 0) is 30.5 Å². The quantitative estimate of drug-likeness (QED) is 0.753. The van der Waals surface area contributed by atoms with Crippen LogP contribution in [0, 0.1) is 12.7 Å². The van der Waals surface area contributed by atoms with Crippen molar-refractivity contribution >= 4 is 28.6 Å². The van der Waals surface area contributed by atoms with Crippen molar-refractivity contribution in [3.05, 3.63) is 63.0 Å². The van der Waals surface area contributed by atoms with Gasteiger partial charge in [0.2, 0.25) is 5.91 Å². The molecule has 0 saturated heterocycles. The topological polar surface area (TPSA) is 42.0 Å². The minimum Gasteiger partial charge on any atom is -0.351 e. The van der Waals surface area contributed by atoms with Gasteiger partial charge in [-0.2, -0.15) is 0 Å². The molecule has 1 N–H and O–H groups in total. The number of thiazole rings is 1. The van der Waals surface area contributed by atoms with Crippen molar-refractivity contribution in [1.82, 2.24) is 10.3 Å². The first-order valence-corrected chi connectivity index (χ1v) is 8.83. The zero-order valence-electron chi connectivity index (χ0n) is 12.5. The van der Waals surface area contributed by atoms with Gasteiger partial charge in [-0.1, -0.05) is 18.2 Å². The van der Waals surface area contributed by atoms with Crippen LogP contribution in [0.25, 0.3) is 10.6 Å². The normalized spacial score (nSPS) is 10.7. The van der Waals surface area contributed by atoms with Crippen LogP contribution in [-0.2, 0) is 17.8 Å². The van der Waals surface area contributed by atoms with Crippen molar-refractivity contribution in [1.29, 1.82) is 0 Å². The predicted octanol–water partition coefficient (Wildman–Crippen LogP) is 4.18. The molecule has 2 heterocycles. The highest BCUT2D eigenvalue weighted by Crippen LogP contribution is 2.29. The Morgan fingerprint density at radius 3 is 2.83 bits per heavy atom. The predicted molar refractivity (Wildman–Crippen MR) is 92.1 cm³/mol. The Hall–Kier alpha value is -2.05. The molecule has 0 spiro atoms. The maximum atomic E-state index is 13.8. The van der Waals surface area contributed by atoms with Gasteiger partial charge in [-0.3, -0.25) is 4.79 Å². The molecule has 1 amide bonds. The summed E-state index contributed by atoms with van der Waals surface area (Å²) in [5, 5.41) is 5.50. The van der Waals surface area contributed by atoms with Gasteiger partial charge < -0.3 is 5.32 Å². The summed E-state index contributed by atoms with van der Waals surface area (Å²) < 4.78 is 13.8. The van der Waals surface area contributed by atoms with Gasteiger partial charge in [0, 0.05) is 15.3 Å². The molecule has 2 aromatic heterocycles. The van der Waals surface area contributed by atoms with Crippen molar-refractivity contribution in [3.63, 3.8) is 0 Å². The van der Waals surface area contributed by atoms with E-state index < -0.39 is 0 Å². The van der Waals surface area contributed by atoms with Crippen LogP contribution in [-0.4, -0.2) is 10.9 Å². The van der Waals surface area contributed by atoms with Crippen LogP contribution in [0.5, 0.6) is 0 Å². The lowest BCUT2D eigenvalue weighted by molar-refractivity contribution is -0.120. The van der Waals surface area contributed by atoms with Crippen molar-refractivity contribution in [2.24, 2.45) is 0 Å². The molecule has 0 aliphatic rings. The summed E-state index contributed by atoms with van der Waals surface area (Å²) in [4.78, 5) is 18.4. The number of amides is 1. The molecule has 0 unspecified atom stereocenters. The second-order valence-corrected chi connectivity index (χ2v) is 7.16. The van der Waals surface area contributed by atoms with E-state index in [-0.39, 0.29) is 11.7 Å². The molecule has 118 valence electrons. The fourth-order valence-electron chi connectivity index (χ4n) is 2.15. The summed E-state index contributed by atoms with van der Waals surface area (Å²) in [5.74, 6) is -0.303. The molecule has 0 bridgehead atoms. The number of nitrogens with one attached hydrogen (secondary N) is 1. The number of carbonyl (C=O) groups excluding carboxylic acids is 1. The van der Waals surface area contributed by atoms with Gasteiger partial charge in [-0.25, -0.2) is 9.37 Å². The lowest BCUT2D eigenvalue weighted by Crippen LogP contribution is -2.24. The second kappa shape index (κ2) is 7.02. The Morgan fingerprint density at radius 1 is 1.26 bits per heavy atom. The fourth-order valence-corrected chi connectivity index (χ4v) is 3.89. The monoisotopic (exact) mass is 346 g/mol. The number of thiophene rings is 1. The number of hydrogen-bond donors (Lipinski definition) is 1. The molecule has 0 radical (unpaired) electrons. The van der Waals surface area contributed by atoms with Crippen LogP contribution in [0.2, 0.25) is 0 Å². The van der Waals surface area contributed by atoms with E-state index in [0.29, 0.717) is 23.5 Å². The molecule has 0 saturated carbocycles. The van der Waals surface area contributed by atoms with Gasteiger partial charge in [-0.15, -0.1) is 22.7 Å². The molecule has 0 atom stereocenters. The van der Waals surface area contributed by atoms with E-state index in [1.54, 1.807) is 29.5 Å². The highest BCUT2D eigenvalue weighted by Gasteiger charge is 2.13. The molecule has 0 fully saturated rings. The van der Waals surface area contributed by atoms with E-state index in [2.05, 4.69) is 10.3 Å². The zero-order valence-corrected chi connectivity index (χ0v) is 14.1. The van der Waals surface area contributed by atoms with Crippen LogP contribution in [0.1, 0.15) is 15.4 Å². The lowest BCUT2D eigenvalue weighted by Gasteiger charge is -2.02. The van der Waals surface area contributed by atoms with Crippen LogP contribution >= 0.6 is 22.7 Å².